The summed E-state index contributed by atoms with van der Waals surface area (Å²) in [6, 6.07) is 8.44. The predicted molar refractivity (Wildman–Crippen MR) is 75.5 cm³/mol. The number of anilines is 2. The van der Waals surface area contributed by atoms with Gasteiger partial charge < -0.3 is 5.73 Å². The van der Waals surface area contributed by atoms with E-state index in [2.05, 4.69) is 4.72 Å². The SMILES string of the molecule is Cc1ccc(S(=O)(=O)Nc2ccc(N)c(C)c2)s1. The fourth-order valence-corrected chi connectivity index (χ4v) is 3.83. The van der Waals surface area contributed by atoms with E-state index in [9.17, 15) is 8.42 Å². The average molecular weight is 282 g/mol. The van der Waals surface area contributed by atoms with Crippen LogP contribution >= 0.6 is 11.3 Å². The standard InChI is InChI=1S/C12H14N2O2S2/c1-8-7-10(4-5-11(8)13)14-18(15,16)12-6-3-9(2)17-12/h3-7,14H,13H2,1-2H3. The summed E-state index contributed by atoms with van der Waals surface area (Å²) >= 11 is 1.25. The van der Waals surface area contributed by atoms with Crippen LogP contribution in [0.1, 0.15) is 10.4 Å². The highest BCUT2D eigenvalue weighted by Crippen LogP contribution is 2.24. The number of thiophene rings is 1. The van der Waals surface area contributed by atoms with Crippen LogP contribution in [0.25, 0.3) is 0 Å². The lowest BCUT2D eigenvalue weighted by Crippen LogP contribution is -2.11. The molecule has 3 N–H and O–H groups in total. The van der Waals surface area contributed by atoms with Crippen LogP contribution in [0.5, 0.6) is 0 Å². The normalized spacial score (nSPS) is 11.4. The van der Waals surface area contributed by atoms with E-state index in [0.29, 0.717) is 15.6 Å². The van der Waals surface area contributed by atoms with Gasteiger partial charge in [0.1, 0.15) is 4.21 Å². The lowest BCUT2D eigenvalue weighted by atomic mass is 10.2. The maximum absolute atomic E-state index is 12.1. The maximum atomic E-state index is 12.1. The van der Waals surface area contributed by atoms with Crippen LogP contribution in [0.3, 0.4) is 0 Å². The van der Waals surface area contributed by atoms with Crippen molar-refractivity contribution in [3.05, 3.63) is 40.8 Å². The van der Waals surface area contributed by atoms with Crippen LogP contribution < -0.4 is 10.5 Å². The Hall–Kier alpha value is -1.53. The minimum atomic E-state index is -3.49. The molecule has 0 amide bonds. The summed E-state index contributed by atoms with van der Waals surface area (Å²) in [7, 11) is -3.49. The molecule has 0 atom stereocenters. The first-order valence-corrected chi connectivity index (χ1v) is 7.64. The number of nitrogens with one attached hydrogen (secondary N) is 1. The number of nitrogen functional groups attached to an aromatic ring is 1. The Balaban J connectivity index is 2.30. The van der Waals surface area contributed by atoms with Crippen LogP contribution in [-0.2, 0) is 10.0 Å². The number of nitrogens with two attached hydrogens (primary N) is 1. The first-order chi connectivity index (χ1) is 8.38. The lowest BCUT2D eigenvalue weighted by Gasteiger charge is -2.08. The molecule has 0 bridgehead atoms. The van der Waals surface area contributed by atoms with Crippen LogP contribution in [0.15, 0.2) is 34.5 Å². The minimum Gasteiger partial charge on any atom is -0.399 e. The molecule has 0 saturated heterocycles. The van der Waals surface area contributed by atoms with Crippen LogP contribution in [-0.4, -0.2) is 8.42 Å². The summed E-state index contributed by atoms with van der Waals surface area (Å²) in [4.78, 5) is 0.962. The zero-order valence-electron chi connectivity index (χ0n) is 10.1. The van der Waals surface area contributed by atoms with E-state index in [1.165, 1.54) is 11.3 Å². The summed E-state index contributed by atoms with van der Waals surface area (Å²) in [6.07, 6.45) is 0. The van der Waals surface area contributed by atoms with E-state index < -0.39 is 10.0 Å². The Kier molecular flexibility index (Phi) is 3.32. The van der Waals surface area contributed by atoms with Gasteiger partial charge in [-0.3, -0.25) is 4.72 Å². The molecule has 1 aromatic heterocycles. The zero-order chi connectivity index (χ0) is 13.3. The molecule has 2 aromatic rings. The van der Waals surface area contributed by atoms with Crippen molar-refractivity contribution in [3.8, 4) is 0 Å². The smallest absolute Gasteiger partial charge is 0.271 e. The Morgan fingerprint density at radius 2 is 1.89 bits per heavy atom. The summed E-state index contributed by atoms with van der Waals surface area (Å²) in [5.74, 6) is 0. The molecular formula is C12H14N2O2S2. The molecule has 0 spiro atoms. The molecule has 0 radical (unpaired) electrons. The third-order valence-electron chi connectivity index (χ3n) is 2.50. The summed E-state index contributed by atoms with van der Waals surface area (Å²) in [6.45, 7) is 3.71. The van der Waals surface area contributed by atoms with Crippen molar-refractivity contribution in [1.29, 1.82) is 0 Å². The maximum Gasteiger partial charge on any atom is 0.271 e. The van der Waals surface area contributed by atoms with Crippen molar-refractivity contribution < 1.29 is 8.42 Å². The van der Waals surface area contributed by atoms with Gasteiger partial charge in [-0.2, -0.15) is 0 Å². The number of rotatable bonds is 3. The molecule has 96 valence electrons. The van der Waals surface area contributed by atoms with Crippen LogP contribution in [0.4, 0.5) is 11.4 Å². The summed E-state index contributed by atoms with van der Waals surface area (Å²) in [5, 5.41) is 0. The number of hydrogen-bond donors (Lipinski definition) is 2. The van der Waals surface area contributed by atoms with Crippen LogP contribution in [0, 0.1) is 13.8 Å². The van der Waals surface area contributed by atoms with Crippen molar-refractivity contribution in [1.82, 2.24) is 0 Å². The second-order valence-electron chi connectivity index (χ2n) is 4.04. The van der Waals surface area contributed by atoms with Crippen molar-refractivity contribution in [2.24, 2.45) is 0 Å². The zero-order valence-corrected chi connectivity index (χ0v) is 11.7. The lowest BCUT2D eigenvalue weighted by molar-refractivity contribution is 0.603. The molecule has 0 saturated carbocycles. The quantitative estimate of drug-likeness (QED) is 0.850. The van der Waals surface area contributed by atoms with Gasteiger partial charge in [0, 0.05) is 16.3 Å². The first kappa shape index (κ1) is 12.9. The molecular weight excluding hydrogens is 268 g/mol. The highest BCUT2D eigenvalue weighted by atomic mass is 32.2. The predicted octanol–water partition coefficient (Wildman–Crippen LogP) is 2.75. The minimum absolute atomic E-state index is 0.314. The molecule has 1 aromatic carbocycles. The highest BCUT2D eigenvalue weighted by molar-refractivity contribution is 7.94. The topological polar surface area (TPSA) is 72.2 Å². The fraction of sp³-hybridized carbons (Fsp3) is 0.167. The molecule has 0 aliphatic carbocycles. The van der Waals surface area contributed by atoms with Crippen molar-refractivity contribution in [2.75, 3.05) is 10.5 Å². The highest BCUT2D eigenvalue weighted by Gasteiger charge is 2.16. The molecule has 2 rings (SSSR count). The Bertz CT molecular complexity index is 675. The molecule has 0 aliphatic heterocycles. The third-order valence-corrected chi connectivity index (χ3v) is 5.38. The van der Waals surface area contributed by atoms with Gasteiger partial charge in [-0.1, -0.05) is 0 Å². The monoisotopic (exact) mass is 282 g/mol. The summed E-state index contributed by atoms with van der Waals surface area (Å²) in [5.41, 5.74) is 7.70. The van der Waals surface area contributed by atoms with Gasteiger partial charge in [-0.05, 0) is 49.7 Å². The van der Waals surface area contributed by atoms with Gasteiger partial charge in [-0.15, -0.1) is 11.3 Å². The van der Waals surface area contributed by atoms with Gasteiger partial charge >= 0.3 is 0 Å². The van der Waals surface area contributed by atoms with Gasteiger partial charge in [0.05, 0.1) is 0 Å². The molecule has 6 heteroatoms. The van der Waals surface area contributed by atoms with E-state index in [-0.39, 0.29) is 0 Å². The number of benzene rings is 1. The van der Waals surface area contributed by atoms with Gasteiger partial charge in [0.2, 0.25) is 0 Å². The van der Waals surface area contributed by atoms with E-state index in [1.807, 2.05) is 13.8 Å². The Morgan fingerprint density at radius 3 is 2.44 bits per heavy atom. The van der Waals surface area contributed by atoms with Crippen molar-refractivity contribution in [3.63, 3.8) is 0 Å². The number of aryl methyl sites for hydroxylation is 2. The van der Waals surface area contributed by atoms with E-state index in [4.69, 9.17) is 5.73 Å². The molecule has 0 aliphatic rings. The van der Waals surface area contributed by atoms with Gasteiger partial charge in [-0.25, -0.2) is 8.42 Å². The van der Waals surface area contributed by atoms with E-state index >= 15 is 0 Å². The van der Waals surface area contributed by atoms with Gasteiger partial charge in [0.25, 0.3) is 10.0 Å². The number of hydrogen-bond acceptors (Lipinski definition) is 4. The molecule has 0 fully saturated rings. The Labute approximate surface area is 111 Å². The molecule has 0 unspecified atom stereocenters. The second kappa shape index (κ2) is 4.62. The first-order valence-electron chi connectivity index (χ1n) is 5.34. The molecule has 1 heterocycles. The van der Waals surface area contributed by atoms with E-state index in [0.717, 1.165) is 10.4 Å². The molecule has 4 nitrogen and oxygen atoms in total. The van der Waals surface area contributed by atoms with E-state index in [1.54, 1.807) is 30.3 Å². The van der Waals surface area contributed by atoms with Crippen molar-refractivity contribution in [2.45, 2.75) is 18.1 Å². The number of sulfonamides is 1. The Morgan fingerprint density at radius 1 is 1.17 bits per heavy atom. The van der Waals surface area contributed by atoms with Gasteiger partial charge in [0.15, 0.2) is 0 Å². The largest absolute Gasteiger partial charge is 0.399 e. The summed E-state index contributed by atoms with van der Waals surface area (Å²) < 4.78 is 27.0. The van der Waals surface area contributed by atoms with Crippen LogP contribution in [0.2, 0.25) is 0 Å². The third kappa shape index (κ3) is 2.65. The average Bonchev–Trinajstić information content (AvgIpc) is 2.71. The molecule has 18 heavy (non-hydrogen) atoms. The second-order valence-corrected chi connectivity index (χ2v) is 7.24. The van der Waals surface area contributed by atoms with Crippen molar-refractivity contribution >= 4 is 32.7 Å². The fourth-order valence-electron chi connectivity index (χ4n) is 1.50.